The first-order valence-electron chi connectivity index (χ1n) is 5.12. The van der Waals surface area contributed by atoms with Crippen LogP contribution in [0.5, 0.6) is 0 Å². The van der Waals surface area contributed by atoms with Crippen molar-refractivity contribution in [3.05, 3.63) is 5.69 Å². The summed E-state index contributed by atoms with van der Waals surface area (Å²) in [4.78, 5) is 2.02. The quantitative estimate of drug-likeness (QED) is 0.725. The predicted octanol–water partition coefficient (Wildman–Crippen LogP) is 0.784. The minimum absolute atomic E-state index is 0.172. The van der Waals surface area contributed by atoms with Gasteiger partial charge in [0.2, 0.25) is 0 Å². The summed E-state index contributed by atoms with van der Waals surface area (Å²) in [5, 5.41) is 17.2. The van der Waals surface area contributed by atoms with Crippen LogP contribution in [0.15, 0.2) is 0 Å². The Bertz CT molecular complexity index is 279. The normalized spacial score (nSPS) is 10.9. The molecule has 1 heterocycles. The zero-order valence-corrected chi connectivity index (χ0v) is 10.0. The molecule has 0 saturated heterocycles. The Labute approximate surface area is 94.3 Å². The molecule has 0 aliphatic heterocycles. The molecule has 2 N–H and O–H groups in total. The first-order chi connectivity index (χ1) is 7.27. The molecule has 1 rings (SSSR count). The minimum Gasteiger partial charge on any atom is -0.395 e. The van der Waals surface area contributed by atoms with Gasteiger partial charge in [-0.1, -0.05) is 11.4 Å². The number of aliphatic hydroxyl groups is 1. The van der Waals surface area contributed by atoms with Crippen molar-refractivity contribution in [2.45, 2.75) is 19.9 Å². The molecule has 1 aromatic heterocycles. The minimum atomic E-state index is 0.172. The van der Waals surface area contributed by atoms with Crippen molar-refractivity contribution in [2.24, 2.45) is 0 Å². The average molecular weight is 230 g/mol. The lowest BCUT2D eigenvalue weighted by Gasteiger charge is -2.13. The van der Waals surface area contributed by atoms with E-state index in [4.69, 9.17) is 5.11 Å². The zero-order valence-electron chi connectivity index (χ0n) is 9.23. The van der Waals surface area contributed by atoms with Gasteiger partial charge in [-0.2, -0.15) is 0 Å². The molecule has 0 fully saturated rings. The summed E-state index contributed by atoms with van der Waals surface area (Å²) in [5.41, 5.74) is 0.962. The van der Waals surface area contributed by atoms with Crippen molar-refractivity contribution < 1.29 is 5.11 Å². The van der Waals surface area contributed by atoms with Crippen molar-refractivity contribution in [1.29, 1.82) is 0 Å². The largest absolute Gasteiger partial charge is 0.395 e. The van der Waals surface area contributed by atoms with E-state index in [2.05, 4.69) is 21.8 Å². The third kappa shape index (κ3) is 4.11. The maximum atomic E-state index is 8.79. The van der Waals surface area contributed by atoms with Gasteiger partial charge in [-0.15, -0.1) is 5.10 Å². The fourth-order valence-corrected chi connectivity index (χ4v) is 1.79. The van der Waals surface area contributed by atoms with Gasteiger partial charge in [0.25, 0.3) is 0 Å². The highest BCUT2D eigenvalue weighted by Gasteiger charge is 2.09. The number of aromatic nitrogens is 2. The fraction of sp³-hybridized carbons (Fsp3) is 0.778. The Kier molecular flexibility index (Phi) is 5.52. The van der Waals surface area contributed by atoms with Crippen LogP contribution >= 0.6 is 11.5 Å². The Morgan fingerprint density at radius 1 is 1.53 bits per heavy atom. The average Bonchev–Trinajstić information content (AvgIpc) is 2.63. The van der Waals surface area contributed by atoms with E-state index in [0.29, 0.717) is 6.54 Å². The van der Waals surface area contributed by atoms with Crippen molar-refractivity contribution >= 4 is 16.5 Å². The molecule has 0 aromatic carbocycles. The van der Waals surface area contributed by atoms with Crippen LogP contribution in [0.3, 0.4) is 0 Å². The smallest absolute Gasteiger partial charge is 0.134 e. The Morgan fingerprint density at radius 2 is 2.33 bits per heavy atom. The number of rotatable bonds is 7. The van der Waals surface area contributed by atoms with Gasteiger partial charge >= 0.3 is 0 Å². The highest BCUT2D eigenvalue weighted by Crippen LogP contribution is 2.18. The van der Waals surface area contributed by atoms with Gasteiger partial charge in [0.1, 0.15) is 10.7 Å². The molecule has 0 bridgehead atoms. The van der Waals surface area contributed by atoms with Crippen LogP contribution in [0.4, 0.5) is 5.00 Å². The lowest BCUT2D eigenvalue weighted by molar-refractivity contribution is 0.216. The highest BCUT2D eigenvalue weighted by atomic mass is 32.1. The summed E-state index contributed by atoms with van der Waals surface area (Å²) < 4.78 is 3.93. The van der Waals surface area contributed by atoms with Gasteiger partial charge in [-0.25, -0.2) is 0 Å². The van der Waals surface area contributed by atoms with Crippen molar-refractivity contribution in [3.63, 3.8) is 0 Å². The molecule has 1 aromatic rings. The van der Waals surface area contributed by atoms with Gasteiger partial charge in [0.15, 0.2) is 0 Å². The summed E-state index contributed by atoms with van der Waals surface area (Å²) >= 11 is 1.39. The first-order valence-corrected chi connectivity index (χ1v) is 5.89. The molecule has 0 amide bonds. The molecule has 0 spiro atoms. The fourth-order valence-electron chi connectivity index (χ4n) is 1.19. The van der Waals surface area contributed by atoms with Crippen LogP contribution in [0.1, 0.15) is 19.0 Å². The van der Waals surface area contributed by atoms with E-state index in [1.807, 2.05) is 11.9 Å². The van der Waals surface area contributed by atoms with Gasteiger partial charge in [-0.05, 0) is 13.5 Å². The predicted molar refractivity (Wildman–Crippen MR) is 62.1 cm³/mol. The van der Waals surface area contributed by atoms with E-state index in [1.165, 1.54) is 11.5 Å². The second-order valence-electron chi connectivity index (χ2n) is 3.44. The van der Waals surface area contributed by atoms with Crippen LogP contribution in [-0.4, -0.2) is 46.3 Å². The number of hydrogen-bond acceptors (Lipinski definition) is 6. The summed E-state index contributed by atoms with van der Waals surface area (Å²) in [6.07, 6.45) is 1.09. The molecular weight excluding hydrogens is 212 g/mol. The third-order valence-corrected chi connectivity index (χ3v) is 2.72. The van der Waals surface area contributed by atoms with Crippen molar-refractivity contribution in [3.8, 4) is 0 Å². The van der Waals surface area contributed by atoms with Crippen LogP contribution in [0.25, 0.3) is 0 Å². The van der Waals surface area contributed by atoms with Gasteiger partial charge < -0.3 is 10.4 Å². The number of nitrogens with one attached hydrogen (secondary N) is 1. The standard InChI is InChI=1S/C9H18N4OS/c1-3-4-10-9-8(11-12-15-9)7-13(2)5-6-14/h10,14H,3-7H2,1-2H3. The van der Waals surface area contributed by atoms with E-state index in [0.717, 1.165) is 30.2 Å². The molecule has 6 heteroatoms. The van der Waals surface area contributed by atoms with E-state index >= 15 is 0 Å². The summed E-state index contributed by atoms with van der Waals surface area (Å²) in [7, 11) is 1.96. The summed E-state index contributed by atoms with van der Waals surface area (Å²) in [6, 6.07) is 0. The molecule has 0 atom stereocenters. The molecule has 5 nitrogen and oxygen atoms in total. The van der Waals surface area contributed by atoms with Crippen molar-refractivity contribution in [2.75, 3.05) is 32.1 Å². The zero-order chi connectivity index (χ0) is 11.1. The van der Waals surface area contributed by atoms with E-state index in [-0.39, 0.29) is 6.61 Å². The number of likely N-dealkylation sites (N-methyl/N-ethyl adjacent to an activating group) is 1. The van der Waals surface area contributed by atoms with Gasteiger partial charge in [0.05, 0.1) is 6.61 Å². The monoisotopic (exact) mass is 230 g/mol. The first kappa shape index (κ1) is 12.4. The third-order valence-electron chi connectivity index (χ3n) is 1.99. The maximum Gasteiger partial charge on any atom is 0.134 e. The topological polar surface area (TPSA) is 61.3 Å². The number of hydrogen-bond donors (Lipinski definition) is 2. The second-order valence-corrected chi connectivity index (χ2v) is 4.19. The molecule has 0 saturated carbocycles. The van der Waals surface area contributed by atoms with Gasteiger partial charge in [0, 0.05) is 31.2 Å². The lowest BCUT2D eigenvalue weighted by Crippen LogP contribution is -2.22. The Balaban J connectivity index is 2.48. The van der Waals surface area contributed by atoms with E-state index in [9.17, 15) is 0 Å². The van der Waals surface area contributed by atoms with Crippen LogP contribution in [0.2, 0.25) is 0 Å². The van der Waals surface area contributed by atoms with Crippen LogP contribution in [-0.2, 0) is 6.54 Å². The van der Waals surface area contributed by atoms with Crippen LogP contribution in [0, 0.1) is 0 Å². The molecule has 86 valence electrons. The second kappa shape index (κ2) is 6.71. The summed E-state index contributed by atoms with van der Waals surface area (Å²) in [6.45, 7) is 4.62. The number of anilines is 1. The van der Waals surface area contributed by atoms with E-state index < -0.39 is 0 Å². The molecule has 15 heavy (non-hydrogen) atoms. The highest BCUT2D eigenvalue weighted by molar-refractivity contribution is 7.10. The number of nitrogens with zero attached hydrogens (tertiary/aromatic N) is 3. The Hall–Kier alpha value is -0.720. The lowest BCUT2D eigenvalue weighted by atomic mass is 10.4. The van der Waals surface area contributed by atoms with Gasteiger partial charge in [-0.3, -0.25) is 4.90 Å². The van der Waals surface area contributed by atoms with Crippen molar-refractivity contribution in [1.82, 2.24) is 14.5 Å². The SMILES string of the molecule is CCCNc1snnc1CN(C)CCO. The maximum absolute atomic E-state index is 8.79. The molecule has 0 aliphatic carbocycles. The summed E-state index contributed by atoms with van der Waals surface area (Å²) in [5.74, 6) is 0. The van der Waals surface area contributed by atoms with E-state index in [1.54, 1.807) is 0 Å². The molecular formula is C9H18N4OS. The molecule has 0 unspecified atom stereocenters. The molecule has 0 aliphatic rings. The van der Waals surface area contributed by atoms with Crippen LogP contribution < -0.4 is 5.32 Å². The molecule has 0 radical (unpaired) electrons. The Morgan fingerprint density at radius 3 is 3.00 bits per heavy atom. The number of aliphatic hydroxyl groups excluding tert-OH is 1.